The van der Waals surface area contributed by atoms with Gasteiger partial charge in [-0.25, -0.2) is 4.98 Å². The van der Waals surface area contributed by atoms with Crippen molar-refractivity contribution < 1.29 is 4.79 Å². The maximum absolute atomic E-state index is 11.6. The van der Waals surface area contributed by atoms with Gasteiger partial charge in [0.25, 0.3) is 0 Å². The zero-order chi connectivity index (χ0) is 15.5. The van der Waals surface area contributed by atoms with E-state index in [1.807, 2.05) is 17.3 Å². The van der Waals surface area contributed by atoms with E-state index in [4.69, 9.17) is 0 Å². The van der Waals surface area contributed by atoms with Crippen LogP contribution in [0.4, 0.5) is 0 Å². The van der Waals surface area contributed by atoms with Gasteiger partial charge in [-0.05, 0) is 12.3 Å². The zero-order valence-electron chi connectivity index (χ0n) is 13.7. The second-order valence-corrected chi connectivity index (χ2v) is 6.67. The van der Waals surface area contributed by atoms with Gasteiger partial charge in [0.1, 0.15) is 5.82 Å². The summed E-state index contributed by atoms with van der Waals surface area (Å²) in [5.41, 5.74) is 0. The second-order valence-electron chi connectivity index (χ2n) is 6.67. The van der Waals surface area contributed by atoms with Crippen LogP contribution >= 0.6 is 0 Å². The van der Waals surface area contributed by atoms with Crippen LogP contribution in [0.5, 0.6) is 0 Å². The molecule has 0 spiro atoms. The minimum absolute atomic E-state index is 0.209. The molecule has 122 valence electrons. The van der Waals surface area contributed by atoms with E-state index in [0.717, 1.165) is 58.1 Å². The molecule has 0 radical (unpaired) electrons. The summed E-state index contributed by atoms with van der Waals surface area (Å²) in [7, 11) is 0. The lowest BCUT2D eigenvalue weighted by Gasteiger charge is -2.30. The highest BCUT2D eigenvalue weighted by atomic mass is 16.2. The minimum atomic E-state index is 0.209. The van der Waals surface area contributed by atoms with Crippen LogP contribution in [0.1, 0.15) is 26.1 Å². The number of rotatable bonds is 3. The number of hydrogen-bond donors (Lipinski definition) is 1. The third-order valence-electron chi connectivity index (χ3n) is 5.02. The van der Waals surface area contributed by atoms with Crippen molar-refractivity contribution in [2.75, 3.05) is 39.3 Å². The Hall–Kier alpha value is -1.40. The smallest absolute Gasteiger partial charge is 0.219 e. The van der Waals surface area contributed by atoms with E-state index in [9.17, 15) is 4.79 Å². The van der Waals surface area contributed by atoms with Crippen LogP contribution in [-0.4, -0.2) is 75.9 Å². The van der Waals surface area contributed by atoms with Crippen molar-refractivity contribution in [3.05, 3.63) is 18.2 Å². The summed E-state index contributed by atoms with van der Waals surface area (Å²) in [6.45, 7) is 11.0. The van der Waals surface area contributed by atoms with Crippen LogP contribution < -0.4 is 0 Å². The van der Waals surface area contributed by atoms with Crippen LogP contribution in [0.25, 0.3) is 0 Å². The number of hydrogen-bond acceptors (Lipinski definition) is 4. The van der Waals surface area contributed by atoms with E-state index in [1.54, 1.807) is 6.92 Å². The number of aromatic nitrogens is 2. The summed E-state index contributed by atoms with van der Waals surface area (Å²) in [6.07, 6.45) is 4.79. The number of nitrogens with one attached hydrogen (secondary N) is 1. The van der Waals surface area contributed by atoms with Crippen molar-refractivity contribution in [3.63, 3.8) is 0 Å². The van der Waals surface area contributed by atoms with Crippen molar-refractivity contribution in [1.29, 1.82) is 0 Å². The first-order valence-electron chi connectivity index (χ1n) is 8.33. The molecule has 0 aromatic carbocycles. The molecule has 2 aliphatic rings. The third-order valence-corrected chi connectivity index (χ3v) is 5.02. The van der Waals surface area contributed by atoms with E-state index in [1.165, 1.54) is 0 Å². The average molecular weight is 305 g/mol. The lowest BCUT2D eigenvalue weighted by Crippen LogP contribution is -2.43. The third kappa shape index (κ3) is 3.50. The van der Waals surface area contributed by atoms with Gasteiger partial charge in [-0.3, -0.25) is 14.6 Å². The molecular weight excluding hydrogens is 278 g/mol. The molecule has 0 saturated carbocycles. The van der Waals surface area contributed by atoms with Gasteiger partial charge in [0.2, 0.25) is 5.91 Å². The molecule has 1 amide bonds. The fraction of sp³-hybridized carbons (Fsp3) is 0.750. The number of aromatic amines is 1. The normalized spacial score (nSPS) is 28.0. The molecule has 6 heteroatoms. The molecule has 6 nitrogen and oxygen atoms in total. The molecular formula is C16H27N5O. The Morgan fingerprint density at radius 2 is 2.18 bits per heavy atom. The van der Waals surface area contributed by atoms with E-state index in [-0.39, 0.29) is 5.91 Å². The number of nitrogens with zero attached hydrogens (tertiary/aromatic N) is 4. The first kappa shape index (κ1) is 15.5. The van der Waals surface area contributed by atoms with E-state index < -0.39 is 0 Å². The molecule has 3 rings (SSSR count). The first-order valence-corrected chi connectivity index (χ1v) is 8.33. The van der Waals surface area contributed by atoms with E-state index >= 15 is 0 Å². The van der Waals surface area contributed by atoms with Gasteiger partial charge in [0, 0.05) is 64.6 Å². The largest absolute Gasteiger partial charge is 0.348 e. The van der Waals surface area contributed by atoms with Crippen molar-refractivity contribution >= 4 is 5.91 Å². The number of carbonyl (C=O) groups excluding carboxylic acids is 1. The number of amides is 1. The highest BCUT2D eigenvalue weighted by molar-refractivity contribution is 5.73. The second kappa shape index (κ2) is 6.79. The molecule has 2 saturated heterocycles. The summed E-state index contributed by atoms with van der Waals surface area (Å²) in [5, 5.41) is 0. The minimum Gasteiger partial charge on any atom is -0.348 e. The first-order chi connectivity index (χ1) is 10.6. The molecule has 22 heavy (non-hydrogen) atoms. The predicted octanol–water partition coefficient (Wildman–Crippen LogP) is 0.784. The fourth-order valence-electron chi connectivity index (χ4n) is 3.83. The molecule has 3 heterocycles. The van der Waals surface area contributed by atoms with Crippen LogP contribution in [0, 0.1) is 5.92 Å². The van der Waals surface area contributed by atoms with Crippen LogP contribution in [0.2, 0.25) is 0 Å². The van der Waals surface area contributed by atoms with Gasteiger partial charge in [-0.2, -0.15) is 0 Å². The lowest BCUT2D eigenvalue weighted by molar-refractivity contribution is -0.128. The van der Waals surface area contributed by atoms with Crippen LogP contribution in [0.3, 0.4) is 0 Å². The summed E-state index contributed by atoms with van der Waals surface area (Å²) in [5.74, 6) is 1.92. The molecule has 2 atom stereocenters. The Kier molecular flexibility index (Phi) is 4.78. The summed E-state index contributed by atoms with van der Waals surface area (Å²) < 4.78 is 0. The van der Waals surface area contributed by atoms with Crippen molar-refractivity contribution in [3.8, 4) is 0 Å². The summed E-state index contributed by atoms with van der Waals surface area (Å²) in [4.78, 5) is 26.2. The monoisotopic (exact) mass is 305 g/mol. The summed E-state index contributed by atoms with van der Waals surface area (Å²) in [6, 6.07) is 0.599. The Morgan fingerprint density at radius 1 is 1.32 bits per heavy atom. The number of likely N-dealkylation sites (tertiary alicyclic amines) is 1. The number of carbonyl (C=O) groups is 1. The van der Waals surface area contributed by atoms with Crippen molar-refractivity contribution in [2.24, 2.45) is 5.92 Å². The molecule has 0 bridgehead atoms. The molecule has 2 aliphatic heterocycles. The molecule has 1 aromatic rings. The van der Waals surface area contributed by atoms with Gasteiger partial charge in [-0.1, -0.05) is 6.92 Å². The quantitative estimate of drug-likeness (QED) is 0.897. The Balaban J connectivity index is 1.56. The summed E-state index contributed by atoms with van der Waals surface area (Å²) >= 11 is 0. The van der Waals surface area contributed by atoms with Gasteiger partial charge in [-0.15, -0.1) is 0 Å². The van der Waals surface area contributed by atoms with E-state index in [2.05, 4.69) is 26.7 Å². The van der Waals surface area contributed by atoms with Crippen LogP contribution in [0.15, 0.2) is 12.4 Å². The Labute approximate surface area is 132 Å². The standard InChI is InChI=1S/C16H27N5O/c1-13-10-19(12-16-17-4-5-18-16)11-15(13)21-7-3-6-20(8-9-21)14(2)22/h4-5,13,15H,3,6-12H2,1-2H3,(H,17,18)/t13-,15-/m1/s1. The van der Waals surface area contributed by atoms with Gasteiger partial charge in [0.05, 0.1) is 6.54 Å². The molecule has 0 unspecified atom stereocenters. The lowest BCUT2D eigenvalue weighted by atomic mass is 10.0. The maximum Gasteiger partial charge on any atom is 0.219 e. The molecule has 1 N–H and O–H groups in total. The van der Waals surface area contributed by atoms with Crippen molar-refractivity contribution in [1.82, 2.24) is 24.7 Å². The predicted molar refractivity (Wildman–Crippen MR) is 85.3 cm³/mol. The fourth-order valence-corrected chi connectivity index (χ4v) is 3.83. The van der Waals surface area contributed by atoms with Gasteiger partial charge in [0.15, 0.2) is 0 Å². The molecule has 1 aromatic heterocycles. The Morgan fingerprint density at radius 3 is 2.91 bits per heavy atom. The molecule has 2 fully saturated rings. The highest BCUT2D eigenvalue weighted by Crippen LogP contribution is 2.24. The highest BCUT2D eigenvalue weighted by Gasteiger charge is 2.34. The number of imidazole rings is 1. The van der Waals surface area contributed by atoms with Crippen molar-refractivity contribution in [2.45, 2.75) is 32.9 Å². The van der Waals surface area contributed by atoms with E-state index in [0.29, 0.717) is 12.0 Å². The number of H-pyrrole nitrogens is 1. The Bertz CT molecular complexity index is 489. The zero-order valence-corrected chi connectivity index (χ0v) is 13.7. The molecule has 0 aliphatic carbocycles. The SMILES string of the molecule is CC(=O)N1CCCN([C@@H]2CN(Cc3ncc[nH]3)C[C@H]2C)CC1. The van der Waals surface area contributed by atoms with Gasteiger partial charge >= 0.3 is 0 Å². The average Bonchev–Trinajstić information content (AvgIpc) is 3.03. The maximum atomic E-state index is 11.6. The topological polar surface area (TPSA) is 55.5 Å². The van der Waals surface area contributed by atoms with Crippen LogP contribution in [-0.2, 0) is 11.3 Å². The van der Waals surface area contributed by atoms with Gasteiger partial charge < -0.3 is 9.88 Å².